The van der Waals surface area contributed by atoms with Gasteiger partial charge in [-0.2, -0.15) is 0 Å². The molecule has 1 N–H and O–H groups in total. The molecular formula is C20H21NO3. The third-order valence-corrected chi connectivity index (χ3v) is 4.21. The Morgan fingerprint density at radius 1 is 1.08 bits per heavy atom. The highest BCUT2D eigenvalue weighted by atomic mass is 16.5. The normalized spacial score (nSPS) is 10.9. The average molecular weight is 323 g/mol. The van der Waals surface area contributed by atoms with Crippen molar-refractivity contribution in [3.8, 4) is 28.3 Å². The quantitative estimate of drug-likeness (QED) is 0.771. The van der Waals surface area contributed by atoms with E-state index in [1.807, 2.05) is 38.1 Å². The molecule has 0 bridgehead atoms. The summed E-state index contributed by atoms with van der Waals surface area (Å²) in [6, 6.07) is 11.8. The minimum atomic E-state index is -0.154. The number of benzene rings is 2. The van der Waals surface area contributed by atoms with Crippen LogP contribution in [0.5, 0.6) is 5.75 Å². The van der Waals surface area contributed by atoms with Crippen molar-refractivity contribution in [2.75, 3.05) is 7.11 Å². The molecule has 0 fully saturated rings. The zero-order valence-corrected chi connectivity index (χ0v) is 14.4. The van der Waals surface area contributed by atoms with Gasteiger partial charge in [-0.15, -0.1) is 0 Å². The molecule has 124 valence electrons. The van der Waals surface area contributed by atoms with Gasteiger partial charge in [0.05, 0.1) is 19.3 Å². The maximum atomic E-state index is 9.97. The van der Waals surface area contributed by atoms with E-state index in [9.17, 15) is 5.11 Å². The van der Waals surface area contributed by atoms with E-state index in [0.717, 1.165) is 22.3 Å². The molecule has 0 amide bonds. The van der Waals surface area contributed by atoms with Crippen LogP contribution in [0.4, 0.5) is 0 Å². The molecule has 0 saturated carbocycles. The summed E-state index contributed by atoms with van der Waals surface area (Å²) in [5.41, 5.74) is 6.48. The Morgan fingerprint density at radius 2 is 1.75 bits per heavy atom. The van der Waals surface area contributed by atoms with E-state index < -0.39 is 0 Å². The smallest absolute Gasteiger partial charge is 0.173 e. The van der Waals surface area contributed by atoms with Crippen LogP contribution >= 0.6 is 0 Å². The number of aliphatic hydroxyl groups excluding tert-OH is 1. The van der Waals surface area contributed by atoms with Crippen LogP contribution < -0.4 is 4.74 Å². The van der Waals surface area contributed by atoms with Crippen molar-refractivity contribution in [3.05, 3.63) is 58.7 Å². The Morgan fingerprint density at radius 3 is 2.38 bits per heavy atom. The highest BCUT2D eigenvalue weighted by Gasteiger charge is 2.22. The second-order valence-corrected chi connectivity index (χ2v) is 5.97. The first-order chi connectivity index (χ1) is 11.6. The number of rotatable bonds is 4. The number of aliphatic hydroxyl groups is 1. The summed E-state index contributed by atoms with van der Waals surface area (Å²) in [4.78, 5) is 0. The minimum Gasteiger partial charge on any atom is -0.496 e. The lowest BCUT2D eigenvalue weighted by atomic mass is 9.94. The van der Waals surface area contributed by atoms with Crippen LogP contribution in [0.3, 0.4) is 0 Å². The third-order valence-electron chi connectivity index (χ3n) is 4.21. The molecule has 2 aromatic carbocycles. The molecule has 3 rings (SSSR count). The zero-order chi connectivity index (χ0) is 17.3. The van der Waals surface area contributed by atoms with Gasteiger partial charge in [0.25, 0.3) is 0 Å². The van der Waals surface area contributed by atoms with Crippen molar-refractivity contribution in [1.29, 1.82) is 0 Å². The van der Waals surface area contributed by atoms with E-state index in [2.05, 4.69) is 24.2 Å². The van der Waals surface area contributed by atoms with Crippen molar-refractivity contribution in [2.24, 2.45) is 0 Å². The highest BCUT2D eigenvalue weighted by Crippen LogP contribution is 2.38. The molecule has 4 nitrogen and oxygen atoms in total. The number of hydrogen-bond donors (Lipinski definition) is 1. The summed E-state index contributed by atoms with van der Waals surface area (Å²) in [5, 5.41) is 14.2. The molecule has 0 radical (unpaired) electrons. The first-order valence-electron chi connectivity index (χ1n) is 7.87. The number of aromatic nitrogens is 1. The SMILES string of the molecule is COc1ccccc1-c1noc(-c2c(C)cc(C)cc2C)c1CO. The number of hydrogen-bond acceptors (Lipinski definition) is 4. The molecule has 1 aromatic heterocycles. The molecule has 0 unspecified atom stereocenters. The van der Waals surface area contributed by atoms with Crippen molar-refractivity contribution >= 4 is 0 Å². The molecular weight excluding hydrogens is 302 g/mol. The maximum absolute atomic E-state index is 9.97. The molecule has 0 saturated heterocycles. The van der Waals surface area contributed by atoms with Gasteiger partial charge in [0.1, 0.15) is 11.4 Å². The molecule has 0 aliphatic heterocycles. The van der Waals surface area contributed by atoms with E-state index in [1.165, 1.54) is 5.56 Å². The molecule has 1 heterocycles. The van der Waals surface area contributed by atoms with E-state index in [-0.39, 0.29) is 6.61 Å². The predicted octanol–water partition coefficient (Wildman–Crippen LogP) is 4.43. The lowest BCUT2D eigenvalue weighted by Gasteiger charge is -2.10. The van der Waals surface area contributed by atoms with Crippen molar-refractivity contribution < 1.29 is 14.4 Å². The van der Waals surface area contributed by atoms with Gasteiger partial charge >= 0.3 is 0 Å². The monoisotopic (exact) mass is 323 g/mol. The average Bonchev–Trinajstić information content (AvgIpc) is 2.97. The number of nitrogens with zero attached hydrogens (tertiary/aromatic N) is 1. The largest absolute Gasteiger partial charge is 0.496 e. The van der Waals surface area contributed by atoms with Gasteiger partial charge in [0.15, 0.2) is 5.76 Å². The second kappa shape index (κ2) is 6.49. The van der Waals surface area contributed by atoms with Crippen LogP contribution in [0.25, 0.3) is 22.6 Å². The Hall–Kier alpha value is -2.59. The Labute approximate surface area is 141 Å². The Kier molecular flexibility index (Phi) is 4.40. The van der Waals surface area contributed by atoms with Gasteiger partial charge in [-0.25, -0.2) is 0 Å². The molecule has 0 aliphatic carbocycles. The van der Waals surface area contributed by atoms with Gasteiger partial charge in [0, 0.05) is 11.1 Å². The summed E-state index contributed by atoms with van der Waals surface area (Å²) in [6.45, 7) is 6.00. The Balaban J connectivity index is 2.22. The van der Waals surface area contributed by atoms with E-state index in [0.29, 0.717) is 22.8 Å². The van der Waals surface area contributed by atoms with Gasteiger partial charge < -0.3 is 14.4 Å². The van der Waals surface area contributed by atoms with Gasteiger partial charge in [0.2, 0.25) is 0 Å². The van der Waals surface area contributed by atoms with Crippen molar-refractivity contribution in [3.63, 3.8) is 0 Å². The first kappa shape index (κ1) is 16.3. The van der Waals surface area contributed by atoms with Crippen LogP contribution in [0.1, 0.15) is 22.3 Å². The molecule has 4 heteroatoms. The topological polar surface area (TPSA) is 55.5 Å². The number of aryl methyl sites for hydroxylation is 3. The van der Waals surface area contributed by atoms with Crippen LogP contribution in [0.15, 0.2) is 40.9 Å². The predicted molar refractivity (Wildman–Crippen MR) is 94.1 cm³/mol. The van der Waals surface area contributed by atoms with Gasteiger partial charge in [-0.3, -0.25) is 0 Å². The maximum Gasteiger partial charge on any atom is 0.173 e. The number of methoxy groups -OCH3 is 1. The van der Waals surface area contributed by atoms with Crippen molar-refractivity contribution in [1.82, 2.24) is 5.16 Å². The fourth-order valence-electron chi connectivity index (χ4n) is 3.24. The lowest BCUT2D eigenvalue weighted by Crippen LogP contribution is -1.95. The Bertz CT molecular complexity index is 857. The number of para-hydroxylation sites is 1. The standard InChI is InChI=1S/C20H21NO3/c1-12-9-13(2)18(14(3)10-12)20-16(11-22)19(21-24-20)15-7-5-6-8-17(15)23-4/h5-10,22H,11H2,1-4H3. The summed E-state index contributed by atoms with van der Waals surface area (Å²) in [5.74, 6) is 1.32. The lowest BCUT2D eigenvalue weighted by molar-refractivity contribution is 0.281. The molecule has 0 aliphatic rings. The fraction of sp³-hybridized carbons (Fsp3) is 0.250. The summed E-state index contributed by atoms with van der Waals surface area (Å²) >= 11 is 0. The molecule has 0 atom stereocenters. The van der Waals surface area contributed by atoms with Crippen LogP contribution in [-0.2, 0) is 6.61 Å². The van der Waals surface area contributed by atoms with Crippen LogP contribution in [0.2, 0.25) is 0 Å². The molecule has 0 spiro atoms. The summed E-state index contributed by atoms with van der Waals surface area (Å²) in [7, 11) is 1.62. The second-order valence-electron chi connectivity index (χ2n) is 5.97. The van der Waals surface area contributed by atoms with Crippen molar-refractivity contribution in [2.45, 2.75) is 27.4 Å². The first-order valence-corrected chi connectivity index (χ1v) is 7.87. The van der Waals surface area contributed by atoms with Gasteiger partial charge in [-0.05, 0) is 44.0 Å². The zero-order valence-electron chi connectivity index (χ0n) is 14.4. The summed E-state index contributed by atoms with van der Waals surface area (Å²) < 4.78 is 11.1. The summed E-state index contributed by atoms with van der Waals surface area (Å²) in [6.07, 6.45) is 0. The van der Waals surface area contributed by atoms with E-state index >= 15 is 0 Å². The van der Waals surface area contributed by atoms with E-state index in [1.54, 1.807) is 7.11 Å². The molecule has 3 aromatic rings. The van der Waals surface area contributed by atoms with Crippen LogP contribution in [0, 0.1) is 20.8 Å². The highest BCUT2D eigenvalue weighted by molar-refractivity contribution is 5.78. The minimum absolute atomic E-state index is 0.154. The number of ether oxygens (including phenoxy) is 1. The van der Waals surface area contributed by atoms with Gasteiger partial charge in [-0.1, -0.05) is 35.0 Å². The third kappa shape index (κ3) is 2.69. The molecule has 24 heavy (non-hydrogen) atoms. The van der Waals surface area contributed by atoms with Crippen LogP contribution in [-0.4, -0.2) is 17.4 Å². The van der Waals surface area contributed by atoms with E-state index in [4.69, 9.17) is 9.26 Å². The fourth-order valence-corrected chi connectivity index (χ4v) is 3.24.